The summed E-state index contributed by atoms with van der Waals surface area (Å²) in [6.07, 6.45) is 11.1. The average molecular weight is 246 g/mol. The molecule has 0 amide bonds. The van der Waals surface area contributed by atoms with Gasteiger partial charge in [-0.2, -0.15) is 0 Å². The van der Waals surface area contributed by atoms with Gasteiger partial charge in [-0.05, 0) is 31.6 Å². The number of aliphatic hydroxyl groups is 1. The van der Waals surface area contributed by atoms with Gasteiger partial charge in [0.1, 0.15) is 5.78 Å². The molecule has 0 aromatic carbocycles. The highest BCUT2D eigenvalue weighted by Gasteiger charge is 2.51. The molecule has 1 N–H and O–H groups in total. The molecule has 3 aliphatic rings. The van der Waals surface area contributed by atoms with E-state index in [1.807, 2.05) is 12.2 Å². The summed E-state index contributed by atoms with van der Waals surface area (Å²) in [5.41, 5.74) is -0.489. The van der Waals surface area contributed by atoms with Gasteiger partial charge in [0.2, 0.25) is 0 Å². The van der Waals surface area contributed by atoms with Crippen molar-refractivity contribution >= 4 is 5.78 Å². The lowest BCUT2D eigenvalue weighted by Gasteiger charge is -2.48. The van der Waals surface area contributed by atoms with Crippen LogP contribution in [0.15, 0.2) is 37.5 Å². The van der Waals surface area contributed by atoms with Crippen LogP contribution in [0.2, 0.25) is 0 Å². The van der Waals surface area contributed by atoms with Gasteiger partial charge in [0, 0.05) is 12.3 Å². The van der Waals surface area contributed by atoms with Gasteiger partial charge in [0.05, 0.1) is 11.5 Å². The van der Waals surface area contributed by atoms with Crippen molar-refractivity contribution in [2.45, 2.75) is 38.2 Å². The van der Waals surface area contributed by atoms with Crippen LogP contribution >= 0.6 is 0 Å². The Hall–Kier alpha value is -1.15. The van der Waals surface area contributed by atoms with E-state index in [-0.39, 0.29) is 11.7 Å². The fourth-order valence-electron chi connectivity index (χ4n) is 3.49. The molecule has 0 heterocycles. The molecule has 0 saturated heterocycles. The maximum Gasteiger partial charge on any atom is 0.144 e. The molecule has 0 unspecified atom stereocenters. The van der Waals surface area contributed by atoms with Gasteiger partial charge >= 0.3 is 0 Å². The molecular weight excluding hydrogens is 224 g/mol. The van der Waals surface area contributed by atoms with Crippen molar-refractivity contribution in [3.8, 4) is 0 Å². The third-order valence-corrected chi connectivity index (χ3v) is 4.46. The Morgan fingerprint density at radius 3 is 2.89 bits per heavy atom. The average Bonchev–Trinajstić information content (AvgIpc) is 2.37. The Bertz CT molecular complexity index is 383. The Morgan fingerprint density at radius 2 is 2.28 bits per heavy atom. The van der Waals surface area contributed by atoms with Gasteiger partial charge in [-0.25, -0.2) is 0 Å². The van der Waals surface area contributed by atoms with Gasteiger partial charge in [0.25, 0.3) is 0 Å². The van der Waals surface area contributed by atoms with Gasteiger partial charge in [0.15, 0.2) is 0 Å². The summed E-state index contributed by atoms with van der Waals surface area (Å²) in [5, 5.41) is 10.4. The summed E-state index contributed by atoms with van der Waals surface area (Å²) in [5.74, 6) is 0.656. The quantitative estimate of drug-likeness (QED) is 0.731. The van der Waals surface area contributed by atoms with Crippen LogP contribution in [0.3, 0.4) is 0 Å². The van der Waals surface area contributed by atoms with Crippen LogP contribution in [0.1, 0.15) is 32.1 Å². The van der Waals surface area contributed by atoms with E-state index in [1.54, 1.807) is 6.08 Å². The molecule has 1 saturated carbocycles. The Labute approximate surface area is 109 Å². The summed E-state index contributed by atoms with van der Waals surface area (Å²) in [6.45, 7) is 7.46. The smallest absolute Gasteiger partial charge is 0.144 e. The topological polar surface area (TPSA) is 37.3 Å². The summed E-state index contributed by atoms with van der Waals surface area (Å²) < 4.78 is 0. The standard InChI is InChI=1S/C16H22O2/c1-3-5-6-14(17)13-10-12-7-9-16(13,8-4-2)15(18)11-12/h3-4,7,9,12-14,17H,1-2,5-6,8,10-11H2/t12-,13-,14+,16+/m1/s1. The molecule has 0 spiro atoms. The van der Waals surface area contributed by atoms with E-state index in [2.05, 4.69) is 19.2 Å². The van der Waals surface area contributed by atoms with Crippen molar-refractivity contribution in [3.63, 3.8) is 0 Å². The SMILES string of the molecule is C=CCC[C@H](O)[C@H]1C[C@H]2C=C[C@]1(CC=C)C(=O)C2. The molecule has 0 aromatic rings. The lowest BCUT2D eigenvalue weighted by Crippen LogP contribution is -2.50. The summed E-state index contributed by atoms with van der Waals surface area (Å²) >= 11 is 0. The van der Waals surface area contributed by atoms with Gasteiger partial charge in [-0.1, -0.05) is 24.3 Å². The second kappa shape index (κ2) is 5.23. The highest BCUT2D eigenvalue weighted by atomic mass is 16.3. The largest absolute Gasteiger partial charge is 0.393 e. The van der Waals surface area contributed by atoms with E-state index in [9.17, 15) is 9.90 Å². The maximum absolute atomic E-state index is 12.3. The number of rotatable bonds is 6. The van der Waals surface area contributed by atoms with Crippen LogP contribution in [-0.2, 0) is 4.79 Å². The fraction of sp³-hybridized carbons (Fsp3) is 0.562. The molecule has 2 bridgehead atoms. The third kappa shape index (κ3) is 2.10. The van der Waals surface area contributed by atoms with Crippen molar-refractivity contribution in [1.82, 2.24) is 0 Å². The van der Waals surface area contributed by atoms with Crippen LogP contribution in [0.5, 0.6) is 0 Å². The second-order valence-corrected chi connectivity index (χ2v) is 5.56. The zero-order chi connectivity index (χ0) is 13.2. The third-order valence-electron chi connectivity index (χ3n) is 4.46. The fourth-order valence-corrected chi connectivity index (χ4v) is 3.49. The minimum atomic E-state index is -0.489. The van der Waals surface area contributed by atoms with Crippen LogP contribution in [0, 0.1) is 17.3 Å². The van der Waals surface area contributed by atoms with E-state index in [0.29, 0.717) is 25.2 Å². The van der Waals surface area contributed by atoms with Crippen molar-refractivity contribution in [3.05, 3.63) is 37.5 Å². The number of fused-ring (bicyclic) bond motifs is 2. The molecule has 1 fully saturated rings. The van der Waals surface area contributed by atoms with Gasteiger partial charge < -0.3 is 5.11 Å². The number of hydrogen-bond donors (Lipinski definition) is 1. The van der Waals surface area contributed by atoms with E-state index in [1.165, 1.54) is 0 Å². The molecule has 98 valence electrons. The number of carbonyl (C=O) groups is 1. The molecule has 2 heteroatoms. The molecule has 0 radical (unpaired) electrons. The normalized spacial score (nSPS) is 35.5. The summed E-state index contributed by atoms with van der Waals surface area (Å²) in [4.78, 5) is 12.3. The van der Waals surface area contributed by atoms with E-state index in [0.717, 1.165) is 12.8 Å². The molecule has 0 aliphatic heterocycles. The first-order valence-electron chi connectivity index (χ1n) is 6.76. The first-order chi connectivity index (χ1) is 8.64. The summed E-state index contributed by atoms with van der Waals surface area (Å²) in [6, 6.07) is 0. The molecule has 3 rings (SSSR count). The Kier molecular flexibility index (Phi) is 3.86. The second-order valence-electron chi connectivity index (χ2n) is 5.56. The molecule has 2 nitrogen and oxygen atoms in total. The summed E-state index contributed by atoms with van der Waals surface area (Å²) in [7, 11) is 0. The van der Waals surface area contributed by atoms with Crippen molar-refractivity contribution in [2.75, 3.05) is 0 Å². The van der Waals surface area contributed by atoms with Crippen molar-refractivity contribution in [2.24, 2.45) is 17.3 Å². The van der Waals surface area contributed by atoms with Crippen LogP contribution in [0.4, 0.5) is 0 Å². The minimum absolute atomic E-state index is 0.0479. The van der Waals surface area contributed by atoms with E-state index < -0.39 is 11.5 Å². The van der Waals surface area contributed by atoms with Gasteiger partial charge in [-0.15, -0.1) is 13.2 Å². The van der Waals surface area contributed by atoms with E-state index in [4.69, 9.17) is 0 Å². The van der Waals surface area contributed by atoms with Gasteiger partial charge in [-0.3, -0.25) is 4.79 Å². The first-order valence-corrected chi connectivity index (χ1v) is 6.76. The molecule has 18 heavy (non-hydrogen) atoms. The molecular formula is C16H22O2. The number of aliphatic hydroxyl groups excluding tert-OH is 1. The zero-order valence-corrected chi connectivity index (χ0v) is 10.8. The lowest BCUT2D eigenvalue weighted by molar-refractivity contribution is -0.138. The first kappa shape index (κ1) is 13.3. The monoisotopic (exact) mass is 246 g/mol. The highest BCUT2D eigenvalue weighted by molar-refractivity contribution is 5.89. The lowest BCUT2D eigenvalue weighted by atomic mass is 9.55. The molecule has 3 aliphatic carbocycles. The Morgan fingerprint density at radius 1 is 1.50 bits per heavy atom. The number of carbonyl (C=O) groups excluding carboxylic acids is 1. The van der Waals surface area contributed by atoms with E-state index >= 15 is 0 Å². The molecule has 4 atom stereocenters. The minimum Gasteiger partial charge on any atom is -0.393 e. The van der Waals surface area contributed by atoms with Crippen LogP contribution < -0.4 is 0 Å². The zero-order valence-electron chi connectivity index (χ0n) is 10.8. The number of allylic oxidation sites excluding steroid dienone is 4. The van der Waals surface area contributed by atoms with Crippen LogP contribution in [0.25, 0.3) is 0 Å². The van der Waals surface area contributed by atoms with Crippen LogP contribution in [-0.4, -0.2) is 17.0 Å². The number of Topliss-reactive ketones (excluding diaryl/α,β-unsaturated/α-hetero) is 1. The predicted octanol–water partition coefficient (Wildman–Crippen LogP) is 3.04. The highest BCUT2D eigenvalue weighted by Crippen LogP contribution is 2.51. The molecule has 0 aromatic heterocycles. The maximum atomic E-state index is 12.3. The predicted molar refractivity (Wildman–Crippen MR) is 73.0 cm³/mol. The number of hydrogen-bond acceptors (Lipinski definition) is 2. The van der Waals surface area contributed by atoms with Crippen molar-refractivity contribution < 1.29 is 9.90 Å². The number of ketones is 1. The van der Waals surface area contributed by atoms with Crippen molar-refractivity contribution in [1.29, 1.82) is 0 Å². The Balaban J connectivity index is 2.24.